The maximum atomic E-state index is 13.8. The molecule has 0 aliphatic carbocycles. The Hall–Kier alpha value is -3.26. The standard InChI is InChI=1S/C20H22FN5O2/c1-25(2)12-7-11-22-19(27)17-16-10-5-6-13-26(16)18(24-17)20(28)23-15-9-4-3-8-14(15)21/h3-6,8-10,13H,7,11-12H2,1-2H3,(H,22,27)(H,23,28). The molecular weight excluding hydrogens is 361 g/mol. The molecule has 0 radical (unpaired) electrons. The van der Waals surface area contributed by atoms with Crippen LogP contribution in [0.4, 0.5) is 10.1 Å². The Morgan fingerprint density at radius 3 is 2.61 bits per heavy atom. The number of carbonyl (C=O) groups excluding carboxylic acids is 2. The van der Waals surface area contributed by atoms with Crippen LogP contribution in [0.5, 0.6) is 0 Å². The van der Waals surface area contributed by atoms with E-state index in [-0.39, 0.29) is 23.1 Å². The lowest BCUT2D eigenvalue weighted by atomic mass is 10.3. The monoisotopic (exact) mass is 383 g/mol. The Balaban J connectivity index is 1.83. The second-order valence-corrected chi connectivity index (χ2v) is 6.59. The van der Waals surface area contributed by atoms with Gasteiger partial charge >= 0.3 is 0 Å². The molecule has 2 aromatic heterocycles. The lowest BCUT2D eigenvalue weighted by molar-refractivity contribution is 0.0949. The fourth-order valence-corrected chi connectivity index (χ4v) is 2.79. The molecule has 0 aliphatic rings. The summed E-state index contributed by atoms with van der Waals surface area (Å²) < 4.78 is 15.4. The summed E-state index contributed by atoms with van der Waals surface area (Å²) in [6.07, 6.45) is 2.44. The molecule has 2 N–H and O–H groups in total. The van der Waals surface area contributed by atoms with Crippen LogP contribution < -0.4 is 10.6 Å². The lowest BCUT2D eigenvalue weighted by Gasteiger charge is -2.09. The number of carbonyl (C=O) groups is 2. The van der Waals surface area contributed by atoms with Crippen molar-refractivity contribution in [3.05, 3.63) is 66.0 Å². The summed E-state index contributed by atoms with van der Waals surface area (Å²) in [6, 6.07) is 11.1. The van der Waals surface area contributed by atoms with Gasteiger partial charge in [-0.3, -0.25) is 14.0 Å². The predicted octanol–water partition coefficient (Wildman–Crippen LogP) is 2.41. The molecule has 0 spiro atoms. The second-order valence-electron chi connectivity index (χ2n) is 6.59. The van der Waals surface area contributed by atoms with Gasteiger partial charge in [0, 0.05) is 12.7 Å². The minimum Gasteiger partial charge on any atom is -0.351 e. The van der Waals surface area contributed by atoms with Crippen molar-refractivity contribution < 1.29 is 14.0 Å². The first kappa shape index (κ1) is 19.5. The largest absolute Gasteiger partial charge is 0.351 e. The lowest BCUT2D eigenvalue weighted by Crippen LogP contribution is -2.27. The average Bonchev–Trinajstić information content (AvgIpc) is 3.07. The van der Waals surface area contributed by atoms with E-state index < -0.39 is 11.7 Å². The Kier molecular flexibility index (Phi) is 6.00. The highest BCUT2D eigenvalue weighted by Crippen LogP contribution is 2.17. The first-order chi connectivity index (χ1) is 13.5. The number of aromatic nitrogens is 2. The molecule has 2 amide bonds. The molecule has 0 unspecified atom stereocenters. The summed E-state index contributed by atoms with van der Waals surface area (Å²) in [6.45, 7) is 1.35. The normalized spacial score (nSPS) is 11.0. The van der Waals surface area contributed by atoms with E-state index in [4.69, 9.17) is 0 Å². The molecule has 0 bridgehead atoms. The van der Waals surface area contributed by atoms with Gasteiger partial charge in [0.25, 0.3) is 11.8 Å². The maximum absolute atomic E-state index is 13.8. The molecule has 2 heterocycles. The minimum atomic E-state index is -0.599. The summed E-state index contributed by atoms with van der Waals surface area (Å²) in [5, 5.41) is 5.33. The molecule has 3 rings (SSSR count). The van der Waals surface area contributed by atoms with Crippen molar-refractivity contribution >= 4 is 23.0 Å². The van der Waals surface area contributed by atoms with Gasteiger partial charge in [0.05, 0.1) is 11.2 Å². The number of rotatable bonds is 7. The third kappa shape index (κ3) is 4.34. The van der Waals surface area contributed by atoms with Gasteiger partial charge in [-0.05, 0) is 51.3 Å². The molecular formula is C20H22FN5O2. The van der Waals surface area contributed by atoms with Crippen LogP contribution in [0.25, 0.3) is 5.52 Å². The van der Waals surface area contributed by atoms with Crippen LogP contribution in [0.2, 0.25) is 0 Å². The Morgan fingerprint density at radius 1 is 1.11 bits per heavy atom. The molecule has 28 heavy (non-hydrogen) atoms. The van der Waals surface area contributed by atoms with Crippen molar-refractivity contribution in [2.75, 3.05) is 32.5 Å². The van der Waals surface area contributed by atoms with Crippen molar-refractivity contribution in [3.8, 4) is 0 Å². The van der Waals surface area contributed by atoms with Gasteiger partial charge in [-0.1, -0.05) is 18.2 Å². The van der Waals surface area contributed by atoms with Gasteiger partial charge in [-0.25, -0.2) is 9.37 Å². The fourth-order valence-electron chi connectivity index (χ4n) is 2.79. The van der Waals surface area contributed by atoms with Crippen molar-refractivity contribution in [1.82, 2.24) is 19.6 Å². The van der Waals surface area contributed by atoms with Crippen LogP contribution in [0.1, 0.15) is 27.5 Å². The number of nitrogens with one attached hydrogen (secondary N) is 2. The number of fused-ring (bicyclic) bond motifs is 1. The minimum absolute atomic E-state index is 0.0114. The first-order valence-electron chi connectivity index (χ1n) is 8.93. The average molecular weight is 383 g/mol. The third-order valence-corrected chi connectivity index (χ3v) is 4.16. The quantitative estimate of drug-likeness (QED) is 0.614. The summed E-state index contributed by atoms with van der Waals surface area (Å²) in [7, 11) is 3.93. The SMILES string of the molecule is CN(C)CCCNC(=O)c1nc(C(=O)Nc2ccccc2F)n2ccccc12. The van der Waals surface area contributed by atoms with Gasteiger partial charge < -0.3 is 15.5 Å². The van der Waals surface area contributed by atoms with E-state index in [2.05, 4.69) is 15.6 Å². The van der Waals surface area contributed by atoms with Crippen molar-refractivity contribution in [1.29, 1.82) is 0 Å². The number of anilines is 1. The summed E-state index contributed by atoms with van der Waals surface area (Å²) in [4.78, 5) is 31.5. The van der Waals surface area contributed by atoms with E-state index in [9.17, 15) is 14.0 Å². The summed E-state index contributed by atoms with van der Waals surface area (Å²) in [5.74, 6) is -1.49. The van der Waals surface area contributed by atoms with Gasteiger partial charge in [0.1, 0.15) is 5.82 Å². The van der Waals surface area contributed by atoms with Gasteiger partial charge in [0.15, 0.2) is 5.69 Å². The molecule has 1 aromatic carbocycles. The number of nitrogens with zero attached hydrogens (tertiary/aromatic N) is 3. The Bertz CT molecular complexity index is 999. The first-order valence-corrected chi connectivity index (χ1v) is 8.93. The maximum Gasteiger partial charge on any atom is 0.292 e. The van der Waals surface area contributed by atoms with Crippen LogP contribution in [0, 0.1) is 5.82 Å². The third-order valence-electron chi connectivity index (χ3n) is 4.16. The number of amides is 2. The van der Waals surface area contributed by atoms with E-state index >= 15 is 0 Å². The topological polar surface area (TPSA) is 78.7 Å². The highest BCUT2D eigenvalue weighted by atomic mass is 19.1. The van der Waals surface area contributed by atoms with Crippen LogP contribution in [-0.2, 0) is 0 Å². The number of hydrogen-bond donors (Lipinski definition) is 2. The van der Waals surface area contributed by atoms with Crippen LogP contribution in [0.3, 0.4) is 0 Å². The molecule has 0 atom stereocenters. The molecule has 3 aromatic rings. The van der Waals surface area contributed by atoms with Crippen molar-refractivity contribution in [2.24, 2.45) is 0 Å². The molecule has 0 saturated carbocycles. The highest BCUT2D eigenvalue weighted by Gasteiger charge is 2.21. The highest BCUT2D eigenvalue weighted by molar-refractivity contribution is 6.06. The van der Waals surface area contributed by atoms with E-state index in [1.54, 1.807) is 30.5 Å². The number of pyridine rings is 1. The molecule has 0 saturated heterocycles. The zero-order chi connectivity index (χ0) is 20.1. The van der Waals surface area contributed by atoms with Crippen molar-refractivity contribution in [3.63, 3.8) is 0 Å². The predicted molar refractivity (Wildman–Crippen MR) is 105 cm³/mol. The van der Waals surface area contributed by atoms with E-state index in [0.717, 1.165) is 13.0 Å². The summed E-state index contributed by atoms with van der Waals surface area (Å²) in [5.41, 5.74) is 0.713. The number of imidazole rings is 1. The number of halogens is 1. The summed E-state index contributed by atoms with van der Waals surface area (Å²) >= 11 is 0. The van der Waals surface area contributed by atoms with E-state index in [0.29, 0.717) is 12.1 Å². The zero-order valence-electron chi connectivity index (χ0n) is 15.8. The Labute approximate surface area is 162 Å². The van der Waals surface area contributed by atoms with Crippen molar-refractivity contribution in [2.45, 2.75) is 6.42 Å². The van der Waals surface area contributed by atoms with Crippen LogP contribution in [-0.4, -0.2) is 53.3 Å². The van der Waals surface area contributed by atoms with Crippen LogP contribution in [0.15, 0.2) is 48.7 Å². The molecule has 0 aliphatic heterocycles. The van der Waals surface area contributed by atoms with Gasteiger partial charge in [-0.15, -0.1) is 0 Å². The molecule has 146 valence electrons. The van der Waals surface area contributed by atoms with Crippen LogP contribution >= 0.6 is 0 Å². The van der Waals surface area contributed by atoms with Gasteiger partial charge in [0.2, 0.25) is 5.82 Å². The van der Waals surface area contributed by atoms with Gasteiger partial charge in [-0.2, -0.15) is 0 Å². The number of benzene rings is 1. The smallest absolute Gasteiger partial charge is 0.292 e. The molecule has 8 heteroatoms. The zero-order valence-corrected chi connectivity index (χ0v) is 15.8. The molecule has 7 nitrogen and oxygen atoms in total. The van der Waals surface area contributed by atoms with E-state index in [1.807, 2.05) is 19.0 Å². The number of hydrogen-bond acceptors (Lipinski definition) is 4. The Morgan fingerprint density at radius 2 is 1.86 bits per heavy atom. The molecule has 0 fully saturated rings. The number of para-hydroxylation sites is 1. The van der Waals surface area contributed by atoms with E-state index in [1.165, 1.54) is 22.6 Å². The fraction of sp³-hybridized carbons (Fsp3) is 0.250. The second kappa shape index (κ2) is 8.62.